The van der Waals surface area contributed by atoms with E-state index in [0.717, 1.165) is 18.6 Å². The van der Waals surface area contributed by atoms with Gasteiger partial charge < -0.3 is 5.32 Å². The third-order valence-electron chi connectivity index (χ3n) is 2.21. The fourth-order valence-electron chi connectivity index (χ4n) is 1.38. The smallest absolute Gasteiger partial charge is 0.167 e. The van der Waals surface area contributed by atoms with E-state index in [-0.39, 0.29) is 0 Å². The molecule has 2 heterocycles. The molecule has 5 nitrogen and oxygen atoms in total. The van der Waals surface area contributed by atoms with Gasteiger partial charge in [-0.15, -0.1) is 0 Å². The standard InChI is InChI=1S/C11H14N4O/c1-8(2)5-12-10-3-4-15-11(14-10)9(7-16)6-13-15/h3-4,6-8H,5H2,1-2H3,(H,12,14). The van der Waals surface area contributed by atoms with Crippen LogP contribution in [0.2, 0.25) is 0 Å². The molecule has 0 bridgehead atoms. The lowest BCUT2D eigenvalue weighted by atomic mass is 10.2. The van der Waals surface area contributed by atoms with Gasteiger partial charge in [0.05, 0.1) is 11.8 Å². The molecule has 0 amide bonds. The zero-order chi connectivity index (χ0) is 11.5. The van der Waals surface area contributed by atoms with Gasteiger partial charge in [0, 0.05) is 12.7 Å². The number of fused-ring (bicyclic) bond motifs is 1. The van der Waals surface area contributed by atoms with Crippen LogP contribution in [0.5, 0.6) is 0 Å². The molecule has 0 aliphatic rings. The van der Waals surface area contributed by atoms with Crippen LogP contribution in [0.15, 0.2) is 18.5 Å². The summed E-state index contributed by atoms with van der Waals surface area (Å²) in [5, 5.41) is 7.23. The van der Waals surface area contributed by atoms with Gasteiger partial charge in [0.2, 0.25) is 0 Å². The monoisotopic (exact) mass is 218 g/mol. The number of anilines is 1. The first kappa shape index (κ1) is 10.6. The molecule has 2 rings (SSSR count). The maximum absolute atomic E-state index is 10.7. The molecule has 2 aromatic rings. The number of nitrogens with one attached hydrogen (secondary N) is 1. The number of hydrogen-bond donors (Lipinski definition) is 1. The number of rotatable bonds is 4. The maximum atomic E-state index is 10.7. The molecule has 16 heavy (non-hydrogen) atoms. The van der Waals surface area contributed by atoms with Crippen LogP contribution in [0.4, 0.5) is 5.82 Å². The minimum absolute atomic E-state index is 0.508. The Morgan fingerprint density at radius 3 is 3.06 bits per heavy atom. The molecule has 5 heteroatoms. The molecule has 0 saturated heterocycles. The zero-order valence-corrected chi connectivity index (χ0v) is 9.34. The minimum Gasteiger partial charge on any atom is -0.370 e. The Labute approximate surface area is 93.5 Å². The van der Waals surface area contributed by atoms with Crippen molar-refractivity contribution in [3.63, 3.8) is 0 Å². The van der Waals surface area contributed by atoms with Crippen molar-refractivity contribution in [1.29, 1.82) is 0 Å². The maximum Gasteiger partial charge on any atom is 0.167 e. The van der Waals surface area contributed by atoms with Crippen LogP contribution >= 0.6 is 0 Å². The largest absolute Gasteiger partial charge is 0.370 e. The van der Waals surface area contributed by atoms with Crippen LogP contribution in [-0.4, -0.2) is 27.4 Å². The fraction of sp³-hybridized carbons (Fsp3) is 0.364. The van der Waals surface area contributed by atoms with Gasteiger partial charge in [-0.1, -0.05) is 13.8 Å². The van der Waals surface area contributed by atoms with Crippen molar-refractivity contribution in [2.24, 2.45) is 5.92 Å². The lowest BCUT2D eigenvalue weighted by molar-refractivity contribution is 0.112. The van der Waals surface area contributed by atoms with Crippen molar-refractivity contribution in [1.82, 2.24) is 14.6 Å². The Hall–Kier alpha value is -1.91. The molecule has 0 unspecified atom stereocenters. The lowest BCUT2D eigenvalue weighted by Crippen LogP contribution is -2.09. The Morgan fingerprint density at radius 2 is 2.38 bits per heavy atom. The molecule has 0 radical (unpaired) electrons. The third kappa shape index (κ3) is 2.03. The summed E-state index contributed by atoms with van der Waals surface area (Å²) in [4.78, 5) is 15.1. The van der Waals surface area contributed by atoms with E-state index < -0.39 is 0 Å². The van der Waals surface area contributed by atoms with Crippen molar-refractivity contribution in [2.75, 3.05) is 11.9 Å². The summed E-state index contributed by atoms with van der Waals surface area (Å²) in [6, 6.07) is 1.84. The Bertz CT molecular complexity index is 504. The summed E-state index contributed by atoms with van der Waals surface area (Å²) in [5.41, 5.74) is 1.09. The van der Waals surface area contributed by atoms with Crippen LogP contribution < -0.4 is 5.32 Å². The van der Waals surface area contributed by atoms with Gasteiger partial charge >= 0.3 is 0 Å². The second-order valence-corrected chi connectivity index (χ2v) is 4.07. The summed E-state index contributed by atoms with van der Waals surface area (Å²) in [7, 11) is 0. The van der Waals surface area contributed by atoms with Gasteiger partial charge in [-0.3, -0.25) is 4.79 Å². The molecule has 1 N–H and O–H groups in total. The Morgan fingerprint density at radius 1 is 1.56 bits per heavy atom. The normalized spacial score (nSPS) is 10.9. The van der Waals surface area contributed by atoms with Crippen molar-refractivity contribution in [2.45, 2.75) is 13.8 Å². The predicted octanol–water partition coefficient (Wildman–Crippen LogP) is 1.61. The zero-order valence-electron chi connectivity index (χ0n) is 9.34. The summed E-state index contributed by atoms with van der Waals surface area (Å²) in [6.07, 6.45) is 4.07. The molecule has 2 aromatic heterocycles. The van der Waals surface area contributed by atoms with E-state index in [1.54, 1.807) is 10.7 Å². The molecule has 0 aromatic carbocycles. The molecular weight excluding hydrogens is 204 g/mol. The quantitative estimate of drug-likeness (QED) is 0.792. The van der Waals surface area contributed by atoms with Gasteiger partial charge in [0.25, 0.3) is 0 Å². The van der Waals surface area contributed by atoms with Gasteiger partial charge in [-0.2, -0.15) is 5.10 Å². The number of aromatic nitrogens is 3. The summed E-state index contributed by atoms with van der Waals surface area (Å²) < 4.78 is 1.59. The number of hydrogen-bond acceptors (Lipinski definition) is 4. The average molecular weight is 218 g/mol. The molecular formula is C11H14N4O. The van der Waals surface area contributed by atoms with Gasteiger partial charge in [-0.05, 0) is 12.0 Å². The average Bonchev–Trinajstić information content (AvgIpc) is 2.68. The van der Waals surface area contributed by atoms with Gasteiger partial charge in [0.15, 0.2) is 11.9 Å². The van der Waals surface area contributed by atoms with E-state index in [1.807, 2.05) is 6.07 Å². The minimum atomic E-state index is 0.508. The molecule has 0 aliphatic heterocycles. The van der Waals surface area contributed by atoms with Crippen LogP contribution in [-0.2, 0) is 0 Å². The molecule has 0 atom stereocenters. The molecule has 0 spiro atoms. The summed E-state index contributed by atoms with van der Waals surface area (Å²) in [6.45, 7) is 5.11. The molecule has 84 valence electrons. The van der Waals surface area contributed by atoms with Crippen molar-refractivity contribution >= 4 is 17.8 Å². The summed E-state index contributed by atoms with van der Waals surface area (Å²) in [5.74, 6) is 1.32. The molecule has 0 aliphatic carbocycles. The second kappa shape index (κ2) is 4.30. The first-order valence-electron chi connectivity index (χ1n) is 5.24. The molecule has 0 fully saturated rings. The van der Waals surface area contributed by atoms with Crippen LogP contribution in [0.25, 0.3) is 5.65 Å². The second-order valence-electron chi connectivity index (χ2n) is 4.07. The molecule has 0 saturated carbocycles. The van der Waals surface area contributed by atoms with E-state index >= 15 is 0 Å². The first-order chi connectivity index (χ1) is 7.70. The number of carbonyl (C=O) groups is 1. The van der Waals surface area contributed by atoms with Crippen molar-refractivity contribution in [3.8, 4) is 0 Å². The van der Waals surface area contributed by atoms with Crippen LogP contribution in [0.1, 0.15) is 24.2 Å². The van der Waals surface area contributed by atoms with E-state index in [4.69, 9.17) is 0 Å². The topological polar surface area (TPSA) is 59.3 Å². The Balaban J connectivity index is 2.30. The fourth-order valence-corrected chi connectivity index (χ4v) is 1.38. The third-order valence-corrected chi connectivity index (χ3v) is 2.21. The van der Waals surface area contributed by atoms with Crippen LogP contribution in [0.3, 0.4) is 0 Å². The highest BCUT2D eigenvalue weighted by Crippen LogP contribution is 2.10. The lowest BCUT2D eigenvalue weighted by Gasteiger charge is -2.07. The van der Waals surface area contributed by atoms with Gasteiger partial charge in [0.1, 0.15) is 5.82 Å². The van der Waals surface area contributed by atoms with E-state index in [9.17, 15) is 4.79 Å². The van der Waals surface area contributed by atoms with E-state index in [2.05, 4.69) is 29.2 Å². The number of carbonyl (C=O) groups excluding carboxylic acids is 1. The van der Waals surface area contributed by atoms with E-state index in [1.165, 1.54) is 6.20 Å². The van der Waals surface area contributed by atoms with Gasteiger partial charge in [-0.25, -0.2) is 9.50 Å². The number of aldehydes is 1. The highest BCUT2D eigenvalue weighted by atomic mass is 16.1. The SMILES string of the molecule is CC(C)CNc1ccn2ncc(C=O)c2n1. The van der Waals surface area contributed by atoms with Crippen LogP contribution in [0, 0.1) is 5.92 Å². The van der Waals surface area contributed by atoms with Crippen molar-refractivity contribution in [3.05, 3.63) is 24.0 Å². The van der Waals surface area contributed by atoms with E-state index in [0.29, 0.717) is 17.1 Å². The van der Waals surface area contributed by atoms with Crippen molar-refractivity contribution < 1.29 is 4.79 Å². The predicted molar refractivity (Wildman–Crippen MR) is 61.7 cm³/mol. The summed E-state index contributed by atoms with van der Waals surface area (Å²) >= 11 is 0. The number of nitrogens with zero attached hydrogens (tertiary/aromatic N) is 3. The first-order valence-corrected chi connectivity index (χ1v) is 5.24. The Kier molecular flexibility index (Phi) is 2.85. The highest BCUT2D eigenvalue weighted by molar-refractivity contribution is 5.83. The highest BCUT2D eigenvalue weighted by Gasteiger charge is 2.05.